The number of hydrogen-bond donors (Lipinski definition) is 1. The van der Waals surface area contributed by atoms with Crippen molar-refractivity contribution in [2.75, 3.05) is 0 Å². The van der Waals surface area contributed by atoms with Crippen LogP contribution in [0, 0.1) is 6.92 Å². The second-order valence-electron chi connectivity index (χ2n) is 5.45. The standard InChI is InChI=1S/C16H20N4S/c1-10-9-21-16(17-10)12(3)18-11(2)15-19-13-7-5-6-8-14(13)20(15)4/h5-9,11-12,18H,1-4H3. The van der Waals surface area contributed by atoms with Gasteiger partial charge in [-0.15, -0.1) is 11.3 Å². The third-order valence-electron chi connectivity index (χ3n) is 3.72. The molecule has 2 unspecified atom stereocenters. The van der Waals surface area contributed by atoms with Crippen molar-refractivity contribution >= 4 is 22.4 Å². The minimum atomic E-state index is 0.168. The highest BCUT2D eigenvalue weighted by molar-refractivity contribution is 7.09. The van der Waals surface area contributed by atoms with E-state index in [2.05, 4.69) is 53.3 Å². The lowest BCUT2D eigenvalue weighted by Crippen LogP contribution is -2.24. The van der Waals surface area contributed by atoms with Crippen LogP contribution >= 0.6 is 11.3 Å². The van der Waals surface area contributed by atoms with E-state index >= 15 is 0 Å². The Labute approximate surface area is 128 Å². The van der Waals surface area contributed by atoms with Crippen molar-refractivity contribution in [3.63, 3.8) is 0 Å². The predicted octanol–water partition coefficient (Wildman–Crippen LogP) is 3.75. The predicted molar refractivity (Wildman–Crippen MR) is 87.5 cm³/mol. The topological polar surface area (TPSA) is 42.7 Å². The number of fused-ring (bicyclic) bond motifs is 1. The van der Waals surface area contributed by atoms with Crippen LogP contribution in [0.4, 0.5) is 0 Å². The molecule has 21 heavy (non-hydrogen) atoms. The van der Waals surface area contributed by atoms with E-state index in [1.54, 1.807) is 11.3 Å². The fourth-order valence-corrected chi connectivity index (χ4v) is 3.46. The molecule has 0 spiro atoms. The molecular weight excluding hydrogens is 280 g/mol. The fraction of sp³-hybridized carbons (Fsp3) is 0.375. The van der Waals surface area contributed by atoms with Crippen molar-refractivity contribution in [3.05, 3.63) is 46.2 Å². The summed E-state index contributed by atoms with van der Waals surface area (Å²) in [6, 6.07) is 8.62. The number of thiazole rings is 1. The molecule has 5 heteroatoms. The Morgan fingerprint density at radius 1 is 1.14 bits per heavy atom. The van der Waals surface area contributed by atoms with Crippen molar-refractivity contribution in [1.82, 2.24) is 19.9 Å². The molecule has 1 aromatic carbocycles. The summed E-state index contributed by atoms with van der Waals surface area (Å²) in [6.07, 6.45) is 0. The van der Waals surface area contributed by atoms with Crippen LogP contribution in [-0.4, -0.2) is 14.5 Å². The van der Waals surface area contributed by atoms with Crippen molar-refractivity contribution in [2.45, 2.75) is 32.9 Å². The van der Waals surface area contributed by atoms with Crippen LogP contribution < -0.4 is 5.32 Å². The number of para-hydroxylation sites is 2. The third kappa shape index (κ3) is 2.71. The van der Waals surface area contributed by atoms with Crippen LogP contribution in [0.2, 0.25) is 0 Å². The zero-order chi connectivity index (χ0) is 15.0. The van der Waals surface area contributed by atoms with Crippen LogP contribution in [0.25, 0.3) is 11.0 Å². The summed E-state index contributed by atoms with van der Waals surface area (Å²) in [6.45, 7) is 6.33. The van der Waals surface area contributed by atoms with Gasteiger partial charge in [0, 0.05) is 18.1 Å². The van der Waals surface area contributed by atoms with Crippen molar-refractivity contribution < 1.29 is 0 Å². The normalized spacial score (nSPS) is 14.5. The van der Waals surface area contributed by atoms with Gasteiger partial charge in [-0.2, -0.15) is 0 Å². The van der Waals surface area contributed by atoms with Gasteiger partial charge in [0.2, 0.25) is 0 Å². The Morgan fingerprint density at radius 2 is 1.90 bits per heavy atom. The van der Waals surface area contributed by atoms with Crippen LogP contribution in [-0.2, 0) is 7.05 Å². The number of hydrogen-bond acceptors (Lipinski definition) is 4. The van der Waals surface area contributed by atoms with Gasteiger partial charge in [0.15, 0.2) is 0 Å². The Balaban J connectivity index is 1.83. The molecule has 2 heterocycles. The van der Waals surface area contributed by atoms with Gasteiger partial charge in [0.1, 0.15) is 10.8 Å². The number of rotatable bonds is 4. The average molecular weight is 300 g/mol. The number of imidazole rings is 1. The highest BCUT2D eigenvalue weighted by atomic mass is 32.1. The Hall–Kier alpha value is -1.72. The van der Waals surface area contributed by atoms with Crippen molar-refractivity contribution in [2.24, 2.45) is 7.05 Å². The molecule has 3 rings (SSSR count). The molecule has 0 aliphatic rings. The molecular formula is C16H20N4S. The lowest BCUT2D eigenvalue weighted by atomic mass is 10.2. The molecule has 1 N–H and O–H groups in total. The first-order valence-electron chi connectivity index (χ1n) is 7.15. The van der Waals surface area contributed by atoms with Gasteiger partial charge in [-0.1, -0.05) is 12.1 Å². The summed E-state index contributed by atoms with van der Waals surface area (Å²) >= 11 is 1.70. The van der Waals surface area contributed by atoms with Gasteiger partial charge in [0.25, 0.3) is 0 Å². The smallest absolute Gasteiger partial charge is 0.126 e. The summed E-state index contributed by atoms with van der Waals surface area (Å²) in [4.78, 5) is 9.30. The molecule has 0 saturated heterocycles. The average Bonchev–Trinajstić information content (AvgIpc) is 3.04. The number of nitrogens with zero attached hydrogens (tertiary/aromatic N) is 3. The molecule has 0 amide bonds. The molecule has 0 aliphatic heterocycles. The maximum Gasteiger partial charge on any atom is 0.126 e. The second kappa shape index (κ2) is 5.58. The van der Waals surface area contributed by atoms with Crippen LogP contribution in [0.3, 0.4) is 0 Å². The third-order valence-corrected chi connectivity index (χ3v) is 4.86. The molecule has 0 radical (unpaired) electrons. The van der Waals surface area contributed by atoms with Crippen LogP contribution in [0.5, 0.6) is 0 Å². The van der Waals surface area contributed by atoms with E-state index in [-0.39, 0.29) is 12.1 Å². The summed E-state index contributed by atoms with van der Waals surface area (Å²) in [7, 11) is 2.07. The first kappa shape index (κ1) is 14.2. The Bertz CT molecular complexity index is 759. The largest absolute Gasteiger partial charge is 0.330 e. The second-order valence-corrected chi connectivity index (χ2v) is 6.34. The molecule has 3 aromatic rings. The number of aryl methyl sites for hydroxylation is 2. The number of nitrogens with one attached hydrogen (secondary N) is 1. The summed E-state index contributed by atoms with van der Waals surface area (Å²) < 4.78 is 2.16. The highest BCUT2D eigenvalue weighted by Gasteiger charge is 2.18. The summed E-state index contributed by atoms with van der Waals surface area (Å²) in [5.41, 5.74) is 3.29. The lowest BCUT2D eigenvalue weighted by molar-refractivity contribution is 0.467. The van der Waals surface area contributed by atoms with Gasteiger partial charge in [0.05, 0.1) is 23.1 Å². The van der Waals surface area contributed by atoms with E-state index < -0.39 is 0 Å². The van der Waals surface area contributed by atoms with E-state index in [1.807, 2.05) is 19.1 Å². The van der Waals surface area contributed by atoms with Gasteiger partial charge in [-0.05, 0) is 32.9 Å². The summed E-state index contributed by atoms with van der Waals surface area (Å²) in [5, 5.41) is 6.81. The highest BCUT2D eigenvalue weighted by Crippen LogP contribution is 2.23. The molecule has 4 nitrogen and oxygen atoms in total. The Morgan fingerprint density at radius 3 is 2.57 bits per heavy atom. The quantitative estimate of drug-likeness (QED) is 0.798. The van der Waals surface area contributed by atoms with Gasteiger partial charge >= 0.3 is 0 Å². The maximum absolute atomic E-state index is 4.75. The molecule has 0 bridgehead atoms. The molecule has 2 aromatic heterocycles. The first-order chi connectivity index (χ1) is 10.1. The van der Waals surface area contributed by atoms with Gasteiger partial charge < -0.3 is 4.57 Å². The van der Waals surface area contributed by atoms with Crippen LogP contribution in [0.15, 0.2) is 29.6 Å². The molecule has 0 fully saturated rings. The van der Waals surface area contributed by atoms with Crippen molar-refractivity contribution in [1.29, 1.82) is 0 Å². The van der Waals surface area contributed by atoms with Gasteiger partial charge in [-0.3, -0.25) is 5.32 Å². The van der Waals surface area contributed by atoms with Crippen molar-refractivity contribution in [3.8, 4) is 0 Å². The monoisotopic (exact) mass is 300 g/mol. The minimum Gasteiger partial charge on any atom is -0.330 e. The lowest BCUT2D eigenvalue weighted by Gasteiger charge is -2.18. The maximum atomic E-state index is 4.75. The summed E-state index contributed by atoms with van der Waals surface area (Å²) in [5.74, 6) is 1.05. The SMILES string of the molecule is Cc1csc(C(C)NC(C)c2nc3ccccc3n2C)n1. The molecule has 0 aliphatic carbocycles. The minimum absolute atomic E-state index is 0.168. The van der Waals surface area contributed by atoms with E-state index in [0.717, 1.165) is 22.0 Å². The number of benzene rings is 1. The van der Waals surface area contributed by atoms with E-state index in [1.165, 1.54) is 5.52 Å². The molecule has 110 valence electrons. The number of aromatic nitrogens is 3. The van der Waals surface area contributed by atoms with Gasteiger partial charge in [-0.25, -0.2) is 9.97 Å². The first-order valence-corrected chi connectivity index (χ1v) is 8.03. The molecule has 0 saturated carbocycles. The van der Waals surface area contributed by atoms with E-state index in [0.29, 0.717) is 0 Å². The Kier molecular flexibility index (Phi) is 3.78. The van der Waals surface area contributed by atoms with E-state index in [4.69, 9.17) is 4.98 Å². The van der Waals surface area contributed by atoms with E-state index in [9.17, 15) is 0 Å². The molecule has 2 atom stereocenters. The zero-order valence-electron chi connectivity index (χ0n) is 12.8. The zero-order valence-corrected chi connectivity index (χ0v) is 13.6. The van der Waals surface area contributed by atoms with Crippen LogP contribution in [0.1, 0.15) is 42.5 Å². The fourth-order valence-electron chi connectivity index (χ4n) is 2.64.